The van der Waals surface area contributed by atoms with E-state index in [1.54, 1.807) is 7.05 Å². The van der Waals surface area contributed by atoms with E-state index in [0.29, 0.717) is 12.2 Å². The van der Waals surface area contributed by atoms with Gasteiger partial charge in [-0.2, -0.15) is 0 Å². The van der Waals surface area contributed by atoms with Crippen molar-refractivity contribution in [2.75, 3.05) is 71.8 Å². The second kappa shape index (κ2) is 21.3. The molecule has 10 nitrogen and oxygen atoms in total. The van der Waals surface area contributed by atoms with E-state index in [0.717, 1.165) is 60.1 Å². The minimum Gasteiger partial charge on any atom is -0.398 e. The van der Waals surface area contributed by atoms with Gasteiger partial charge in [0.2, 0.25) is 0 Å². The van der Waals surface area contributed by atoms with Crippen LogP contribution in [0.3, 0.4) is 0 Å². The van der Waals surface area contributed by atoms with E-state index in [9.17, 15) is 5.11 Å². The van der Waals surface area contributed by atoms with Crippen molar-refractivity contribution in [3.8, 4) is 0 Å². The molecule has 3 rings (SSSR count). The van der Waals surface area contributed by atoms with Crippen molar-refractivity contribution >= 4 is 17.6 Å². The van der Waals surface area contributed by atoms with Gasteiger partial charge in [-0.3, -0.25) is 9.89 Å². The van der Waals surface area contributed by atoms with Gasteiger partial charge < -0.3 is 41.5 Å². The molecule has 0 fully saturated rings. The molecule has 1 aliphatic rings. The summed E-state index contributed by atoms with van der Waals surface area (Å²) in [7, 11) is 5.17. The van der Waals surface area contributed by atoms with E-state index in [1.165, 1.54) is 12.7 Å². The Kier molecular flexibility index (Phi) is 18.7. The smallest absolute Gasteiger partial charge is 0.143 e. The molecule has 0 amide bonds. The number of methoxy groups -OCH3 is 1. The second-order valence-corrected chi connectivity index (χ2v) is 9.98. The highest BCUT2D eigenvalue weighted by molar-refractivity contribution is 5.89. The maximum atomic E-state index is 9.96. The lowest BCUT2D eigenvalue weighted by molar-refractivity contribution is 0.0181. The molecule has 1 heterocycles. The van der Waals surface area contributed by atoms with Crippen molar-refractivity contribution in [2.45, 2.75) is 53.8 Å². The number of anilines is 2. The molecule has 2 unspecified atom stereocenters. The van der Waals surface area contributed by atoms with Gasteiger partial charge in [-0.1, -0.05) is 51.1 Å². The number of ether oxygens (including phenoxy) is 1. The SMILES string of the molecule is CC.CCN(CCN(CC)C(C)O)C1=CC=C(Nc2c(C)cccc2C(NC)c2cccc(N)c2C=NC)CN1.COCO. The summed E-state index contributed by atoms with van der Waals surface area (Å²) in [6.45, 7) is 16.1. The Labute approximate surface area is 265 Å². The van der Waals surface area contributed by atoms with E-state index in [2.05, 4.69) is 92.7 Å². The molecular weight excluding hydrogens is 554 g/mol. The number of aliphatic imine (C=N–C) groups is 1. The largest absolute Gasteiger partial charge is 0.398 e. The molecule has 1 aliphatic heterocycles. The van der Waals surface area contributed by atoms with Crippen LogP contribution in [-0.2, 0) is 4.74 Å². The van der Waals surface area contributed by atoms with Crippen LogP contribution in [0, 0.1) is 6.92 Å². The average molecular weight is 612 g/mol. The van der Waals surface area contributed by atoms with Gasteiger partial charge in [0.15, 0.2) is 0 Å². The first-order chi connectivity index (χ1) is 21.3. The van der Waals surface area contributed by atoms with Crippen LogP contribution in [0.4, 0.5) is 11.4 Å². The first kappa shape index (κ1) is 38.6. The number of aliphatic hydroxyl groups excluding tert-OH is 2. The molecule has 0 bridgehead atoms. The summed E-state index contributed by atoms with van der Waals surface area (Å²) >= 11 is 0. The third kappa shape index (κ3) is 11.3. The molecular formula is C34H57N7O3. The molecule has 7 N–H and O–H groups in total. The lowest BCUT2D eigenvalue weighted by Gasteiger charge is -2.32. The quantitative estimate of drug-likeness (QED) is 0.105. The van der Waals surface area contributed by atoms with Gasteiger partial charge in [-0.05, 0) is 69.3 Å². The van der Waals surface area contributed by atoms with Gasteiger partial charge in [-0.15, -0.1) is 0 Å². The number of aliphatic hydroxyl groups is 2. The minimum absolute atomic E-state index is 0.0665. The highest BCUT2D eigenvalue weighted by Gasteiger charge is 2.22. The number of dihydropyridines is 1. The minimum atomic E-state index is -0.440. The molecule has 2 aromatic carbocycles. The van der Waals surface area contributed by atoms with Gasteiger partial charge >= 0.3 is 0 Å². The lowest BCUT2D eigenvalue weighted by atomic mass is 9.91. The number of nitrogen functional groups attached to an aromatic ring is 1. The maximum Gasteiger partial charge on any atom is 0.143 e. The zero-order valence-electron chi connectivity index (χ0n) is 28.3. The Morgan fingerprint density at radius 2 is 1.75 bits per heavy atom. The van der Waals surface area contributed by atoms with Crippen LogP contribution in [0.1, 0.15) is 62.9 Å². The zero-order valence-corrected chi connectivity index (χ0v) is 28.3. The monoisotopic (exact) mass is 611 g/mol. The van der Waals surface area contributed by atoms with Crippen LogP contribution in [-0.4, -0.2) is 93.2 Å². The summed E-state index contributed by atoms with van der Waals surface area (Å²) in [5.41, 5.74) is 13.6. The standard InChI is InChI=1S/C30H45N7O.C2H6O2.C2H6/c1-7-36(22(4)38)17-18-37(8-2)28-16-15-23(19-34-28)35-29-21(3)11-9-13-25(29)30(33-6)24-12-10-14-27(31)26(24)20-32-5;1-4-2-3;1-2/h9-16,20,22,30,33-35,38H,7-8,17-19,31H2,1-6H3;3H,2H2,1H3;1-2H3. The number of benzene rings is 2. The summed E-state index contributed by atoms with van der Waals surface area (Å²) in [6.07, 6.45) is 5.68. The maximum absolute atomic E-state index is 9.96. The van der Waals surface area contributed by atoms with Crippen LogP contribution in [0.25, 0.3) is 0 Å². The number of aryl methyl sites for hydroxylation is 1. The third-order valence-corrected chi connectivity index (χ3v) is 7.28. The van der Waals surface area contributed by atoms with Gasteiger partial charge in [0.1, 0.15) is 18.8 Å². The van der Waals surface area contributed by atoms with Gasteiger partial charge in [0, 0.05) is 62.6 Å². The summed E-state index contributed by atoms with van der Waals surface area (Å²) < 4.78 is 4.10. The number of nitrogens with two attached hydrogens (primary N) is 1. The molecule has 0 spiro atoms. The number of hydrogen-bond donors (Lipinski definition) is 6. The highest BCUT2D eigenvalue weighted by atomic mass is 16.6. The summed E-state index contributed by atoms with van der Waals surface area (Å²) in [6, 6.07) is 12.3. The van der Waals surface area contributed by atoms with Crippen molar-refractivity contribution in [3.05, 3.63) is 82.3 Å². The molecule has 246 valence electrons. The fourth-order valence-electron chi connectivity index (χ4n) is 4.97. The van der Waals surface area contributed by atoms with Gasteiger partial charge in [-0.25, -0.2) is 0 Å². The molecule has 0 saturated carbocycles. The number of rotatable bonds is 14. The molecule has 0 radical (unpaired) electrons. The van der Waals surface area contributed by atoms with Crippen molar-refractivity contribution in [2.24, 2.45) is 4.99 Å². The van der Waals surface area contributed by atoms with Crippen LogP contribution in [0.15, 0.2) is 65.1 Å². The van der Waals surface area contributed by atoms with Crippen molar-refractivity contribution in [1.29, 1.82) is 0 Å². The number of hydrogen-bond acceptors (Lipinski definition) is 10. The third-order valence-electron chi connectivity index (χ3n) is 7.28. The average Bonchev–Trinajstić information content (AvgIpc) is 3.04. The number of allylic oxidation sites excluding steroid dienone is 2. The molecule has 2 atom stereocenters. The predicted octanol–water partition coefficient (Wildman–Crippen LogP) is 4.27. The Balaban J connectivity index is 0.00000149. The van der Waals surface area contributed by atoms with Crippen LogP contribution in [0.2, 0.25) is 0 Å². The highest BCUT2D eigenvalue weighted by Crippen LogP contribution is 2.34. The summed E-state index contributed by atoms with van der Waals surface area (Å²) in [4.78, 5) is 8.62. The van der Waals surface area contributed by atoms with Crippen molar-refractivity contribution < 1.29 is 14.9 Å². The number of nitrogens with zero attached hydrogens (tertiary/aromatic N) is 3. The lowest BCUT2D eigenvalue weighted by Crippen LogP contribution is -2.42. The second-order valence-electron chi connectivity index (χ2n) is 9.98. The Hall–Kier alpha value is -3.41. The Morgan fingerprint density at radius 3 is 2.27 bits per heavy atom. The first-order valence-corrected chi connectivity index (χ1v) is 15.5. The van der Waals surface area contributed by atoms with Crippen molar-refractivity contribution in [1.82, 2.24) is 20.4 Å². The van der Waals surface area contributed by atoms with E-state index in [4.69, 9.17) is 10.8 Å². The molecule has 44 heavy (non-hydrogen) atoms. The normalized spacial score (nSPS) is 13.9. The van der Waals surface area contributed by atoms with E-state index >= 15 is 0 Å². The zero-order chi connectivity index (χ0) is 33.1. The fraction of sp³-hybridized carbons (Fsp3) is 0.500. The van der Waals surface area contributed by atoms with E-state index in [-0.39, 0.29) is 12.8 Å². The van der Waals surface area contributed by atoms with Gasteiger partial charge in [0.25, 0.3) is 0 Å². The predicted molar refractivity (Wildman–Crippen MR) is 186 cm³/mol. The summed E-state index contributed by atoms with van der Waals surface area (Å²) in [5.74, 6) is 1.10. The van der Waals surface area contributed by atoms with Crippen LogP contribution in [0.5, 0.6) is 0 Å². The number of nitrogens with one attached hydrogen (secondary N) is 3. The van der Waals surface area contributed by atoms with E-state index in [1.807, 2.05) is 46.2 Å². The topological polar surface area (TPSA) is 131 Å². The fourth-order valence-corrected chi connectivity index (χ4v) is 4.97. The summed E-state index contributed by atoms with van der Waals surface area (Å²) in [5, 5.41) is 28.4. The van der Waals surface area contributed by atoms with Crippen LogP contribution < -0.4 is 21.7 Å². The van der Waals surface area contributed by atoms with Crippen molar-refractivity contribution in [3.63, 3.8) is 0 Å². The van der Waals surface area contributed by atoms with Gasteiger partial charge in [0.05, 0.1) is 12.6 Å². The number of para-hydroxylation sites is 1. The molecule has 0 saturated heterocycles. The molecule has 0 aromatic heterocycles. The first-order valence-electron chi connectivity index (χ1n) is 15.5. The molecule has 0 aliphatic carbocycles. The Morgan fingerprint density at radius 1 is 1.09 bits per heavy atom. The van der Waals surface area contributed by atoms with Crippen LogP contribution >= 0.6 is 0 Å². The molecule has 10 heteroatoms. The Bertz CT molecular complexity index is 1200. The number of likely N-dealkylation sites (N-methyl/N-ethyl adjacent to an activating group) is 2. The van der Waals surface area contributed by atoms with E-state index < -0.39 is 6.23 Å². The molecule has 2 aromatic rings.